The highest BCUT2D eigenvalue weighted by molar-refractivity contribution is 5.97. The van der Waals surface area contributed by atoms with Crippen molar-refractivity contribution in [3.63, 3.8) is 0 Å². The molecule has 1 N–H and O–H groups in total. The van der Waals surface area contributed by atoms with E-state index >= 15 is 0 Å². The number of carbonyl (C=O) groups excluding carboxylic acids is 1. The summed E-state index contributed by atoms with van der Waals surface area (Å²) in [4.78, 5) is 14.1. The van der Waals surface area contributed by atoms with E-state index in [2.05, 4.69) is 0 Å². The molecule has 1 amide bonds. The quantitative estimate of drug-likeness (QED) is 0.855. The van der Waals surface area contributed by atoms with Crippen molar-refractivity contribution in [2.24, 2.45) is 0 Å². The Balaban J connectivity index is 3.01. The number of ether oxygens (including phenoxy) is 2. The lowest BCUT2D eigenvalue weighted by molar-refractivity contribution is 0.0631. The summed E-state index contributed by atoms with van der Waals surface area (Å²) in [7, 11) is 3.11. The molecule has 1 rings (SSSR count). The first-order valence-electron chi connectivity index (χ1n) is 6.18. The van der Waals surface area contributed by atoms with E-state index in [0.717, 1.165) is 0 Å². The topological polar surface area (TPSA) is 59.0 Å². The Bertz CT molecular complexity index is 431. The third-order valence-electron chi connectivity index (χ3n) is 2.85. The second-order valence-electron chi connectivity index (χ2n) is 4.47. The molecular formula is C14H21NO4. The minimum atomic E-state index is -0.233. The van der Waals surface area contributed by atoms with Crippen molar-refractivity contribution in [1.29, 1.82) is 0 Å². The second-order valence-corrected chi connectivity index (χ2v) is 4.47. The maximum absolute atomic E-state index is 12.4. The molecule has 1 aromatic carbocycles. The van der Waals surface area contributed by atoms with Crippen LogP contribution in [0.2, 0.25) is 0 Å². The highest BCUT2D eigenvalue weighted by atomic mass is 16.5. The summed E-state index contributed by atoms with van der Waals surface area (Å²) in [6, 6.07) is 4.63. The van der Waals surface area contributed by atoms with Gasteiger partial charge in [-0.2, -0.15) is 0 Å². The zero-order valence-corrected chi connectivity index (χ0v) is 11.8. The van der Waals surface area contributed by atoms with Crippen molar-refractivity contribution < 1.29 is 19.4 Å². The van der Waals surface area contributed by atoms with E-state index in [4.69, 9.17) is 9.47 Å². The molecule has 0 fully saturated rings. The van der Waals surface area contributed by atoms with E-state index < -0.39 is 0 Å². The number of phenols is 1. The maximum Gasteiger partial charge on any atom is 0.258 e. The molecule has 0 unspecified atom stereocenters. The average Bonchev–Trinajstić information content (AvgIpc) is 2.39. The van der Waals surface area contributed by atoms with Gasteiger partial charge in [-0.15, -0.1) is 0 Å². The van der Waals surface area contributed by atoms with Crippen LogP contribution in [0.4, 0.5) is 0 Å². The smallest absolute Gasteiger partial charge is 0.258 e. The minimum Gasteiger partial charge on any atom is -0.507 e. The van der Waals surface area contributed by atoms with E-state index in [0.29, 0.717) is 18.9 Å². The molecule has 0 heterocycles. The Kier molecular flexibility index (Phi) is 5.63. The summed E-state index contributed by atoms with van der Waals surface area (Å²) in [5, 5.41) is 9.82. The number of amides is 1. The number of methoxy groups -OCH3 is 2. The van der Waals surface area contributed by atoms with Gasteiger partial charge in [0.2, 0.25) is 0 Å². The number of nitrogens with zero attached hydrogens (tertiary/aromatic N) is 1. The fourth-order valence-electron chi connectivity index (χ4n) is 1.75. The normalized spacial score (nSPS) is 10.6. The third-order valence-corrected chi connectivity index (χ3v) is 2.85. The Morgan fingerprint density at radius 1 is 1.37 bits per heavy atom. The monoisotopic (exact) mass is 267 g/mol. The van der Waals surface area contributed by atoms with E-state index in [1.54, 1.807) is 24.1 Å². The molecule has 0 bridgehead atoms. The fraction of sp³-hybridized carbons (Fsp3) is 0.500. The molecular weight excluding hydrogens is 246 g/mol. The fourth-order valence-corrected chi connectivity index (χ4v) is 1.75. The van der Waals surface area contributed by atoms with Crippen LogP contribution < -0.4 is 4.74 Å². The van der Waals surface area contributed by atoms with E-state index in [-0.39, 0.29) is 23.3 Å². The van der Waals surface area contributed by atoms with Crippen molar-refractivity contribution in [2.75, 3.05) is 27.4 Å². The molecule has 1 aromatic rings. The lowest BCUT2D eigenvalue weighted by Gasteiger charge is -2.27. The van der Waals surface area contributed by atoms with Crippen LogP contribution in [0.5, 0.6) is 11.5 Å². The number of benzene rings is 1. The van der Waals surface area contributed by atoms with Crippen LogP contribution in [0, 0.1) is 0 Å². The zero-order chi connectivity index (χ0) is 14.4. The SMILES string of the molecule is COCCN(C(=O)c1cc(OC)ccc1O)C(C)C. The average molecular weight is 267 g/mol. The van der Waals surface area contributed by atoms with Crippen molar-refractivity contribution in [2.45, 2.75) is 19.9 Å². The van der Waals surface area contributed by atoms with Crippen LogP contribution in [0.15, 0.2) is 18.2 Å². The Morgan fingerprint density at radius 3 is 2.58 bits per heavy atom. The summed E-state index contributed by atoms with van der Waals surface area (Å²) in [6.45, 7) is 4.77. The van der Waals surface area contributed by atoms with Crippen LogP contribution >= 0.6 is 0 Å². The van der Waals surface area contributed by atoms with Gasteiger partial charge < -0.3 is 19.5 Å². The van der Waals surface area contributed by atoms with Gasteiger partial charge in [0.05, 0.1) is 19.3 Å². The van der Waals surface area contributed by atoms with Crippen LogP contribution in [0.1, 0.15) is 24.2 Å². The zero-order valence-electron chi connectivity index (χ0n) is 11.8. The van der Waals surface area contributed by atoms with Gasteiger partial charge in [-0.1, -0.05) is 0 Å². The van der Waals surface area contributed by atoms with Crippen LogP contribution in [-0.2, 0) is 4.74 Å². The maximum atomic E-state index is 12.4. The number of hydrogen-bond donors (Lipinski definition) is 1. The molecule has 0 saturated carbocycles. The molecule has 0 radical (unpaired) electrons. The Labute approximate surface area is 113 Å². The standard InChI is InChI=1S/C14H21NO4/c1-10(2)15(7-8-18-3)14(17)12-9-11(19-4)5-6-13(12)16/h5-6,9-10,16H,7-8H2,1-4H3. The van der Waals surface area contributed by atoms with Crippen molar-refractivity contribution in [1.82, 2.24) is 4.90 Å². The molecule has 0 spiro atoms. The summed E-state index contributed by atoms with van der Waals surface area (Å²) in [5.41, 5.74) is 0.240. The summed E-state index contributed by atoms with van der Waals surface area (Å²) in [5.74, 6) is 0.258. The highest BCUT2D eigenvalue weighted by Crippen LogP contribution is 2.24. The number of aromatic hydroxyl groups is 1. The Morgan fingerprint density at radius 2 is 2.05 bits per heavy atom. The molecule has 0 aliphatic rings. The van der Waals surface area contributed by atoms with Gasteiger partial charge in [0.1, 0.15) is 11.5 Å². The first-order valence-corrected chi connectivity index (χ1v) is 6.18. The first kappa shape index (κ1) is 15.3. The lowest BCUT2D eigenvalue weighted by Crippen LogP contribution is -2.39. The van der Waals surface area contributed by atoms with E-state index in [1.807, 2.05) is 13.8 Å². The van der Waals surface area contributed by atoms with E-state index in [9.17, 15) is 9.90 Å². The predicted molar refractivity (Wildman–Crippen MR) is 72.7 cm³/mol. The molecule has 5 heteroatoms. The number of rotatable bonds is 6. The number of hydrogen-bond acceptors (Lipinski definition) is 4. The molecule has 5 nitrogen and oxygen atoms in total. The van der Waals surface area contributed by atoms with Crippen LogP contribution in [-0.4, -0.2) is 49.3 Å². The Hall–Kier alpha value is -1.75. The number of carbonyl (C=O) groups is 1. The van der Waals surface area contributed by atoms with Crippen LogP contribution in [0.3, 0.4) is 0 Å². The second kappa shape index (κ2) is 6.99. The summed E-state index contributed by atoms with van der Waals surface area (Å²) < 4.78 is 10.1. The molecule has 0 saturated heterocycles. The molecule has 0 aliphatic carbocycles. The van der Waals surface area contributed by atoms with E-state index in [1.165, 1.54) is 13.2 Å². The largest absolute Gasteiger partial charge is 0.507 e. The lowest BCUT2D eigenvalue weighted by atomic mass is 10.1. The van der Waals surface area contributed by atoms with Gasteiger partial charge in [0, 0.05) is 19.7 Å². The number of phenolic OH excluding ortho intramolecular Hbond substituents is 1. The van der Waals surface area contributed by atoms with Gasteiger partial charge in [0.25, 0.3) is 5.91 Å². The molecule has 0 atom stereocenters. The molecule has 106 valence electrons. The minimum absolute atomic E-state index is 0.0215. The van der Waals surface area contributed by atoms with Gasteiger partial charge in [0.15, 0.2) is 0 Å². The van der Waals surface area contributed by atoms with Crippen molar-refractivity contribution in [3.05, 3.63) is 23.8 Å². The molecule has 0 aliphatic heterocycles. The molecule has 0 aromatic heterocycles. The van der Waals surface area contributed by atoms with Gasteiger partial charge in [-0.25, -0.2) is 0 Å². The molecule has 19 heavy (non-hydrogen) atoms. The van der Waals surface area contributed by atoms with Crippen molar-refractivity contribution >= 4 is 5.91 Å². The van der Waals surface area contributed by atoms with Crippen molar-refractivity contribution in [3.8, 4) is 11.5 Å². The summed E-state index contributed by atoms with van der Waals surface area (Å²) in [6.07, 6.45) is 0. The van der Waals surface area contributed by atoms with Gasteiger partial charge in [-0.3, -0.25) is 4.79 Å². The van der Waals surface area contributed by atoms with Gasteiger partial charge in [-0.05, 0) is 32.0 Å². The van der Waals surface area contributed by atoms with Gasteiger partial charge >= 0.3 is 0 Å². The van der Waals surface area contributed by atoms with Crippen LogP contribution in [0.25, 0.3) is 0 Å². The predicted octanol–water partition coefficient (Wildman–Crippen LogP) is 1.90. The highest BCUT2D eigenvalue weighted by Gasteiger charge is 2.21. The summed E-state index contributed by atoms with van der Waals surface area (Å²) >= 11 is 0. The first-order chi connectivity index (χ1) is 9.01. The third kappa shape index (κ3) is 3.86.